The lowest BCUT2D eigenvalue weighted by atomic mass is 9.65. The Morgan fingerprint density at radius 2 is 0.952 bits per heavy atom. The van der Waals surface area contributed by atoms with Gasteiger partial charge in [-0.25, -0.2) is 0 Å². The summed E-state index contributed by atoms with van der Waals surface area (Å²) in [7, 11) is -1.25. The molecule has 0 aliphatic heterocycles. The Hall–Kier alpha value is 0.217. The van der Waals surface area contributed by atoms with Crippen LogP contribution in [-0.4, -0.2) is 8.07 Å². The highest BCUT2D eigenvalue weighted by molar-refractivity contribution is 6.80. The second kappa shape index (κ2) is 6.38. The van der Waals surface area contributed by atoms with E-state index in [0.717, 1.165) is 17.8 Å². The Kier molecular flexibility index (Phi) is 6.44. The van der Waals surface area contributed by atoms with E-state index in [2.05, 4.69) is 89.3 Å². The first-order valence-corrected chi connectivity index (χ1v) is 12.1. The van der Waals surface area contributed by atoms with Crippen molar-refractivity contribution in [2.24, 2.45) is 28.6 Å². The van der Waals surface area contributed by atoms with E-state index in [0.29, 0.717) is 15.9 Å². The summed E-state index contributed by atoms with van der Waals surface area (Å²) in [5, 5.41) is 0.487. The molecule has 0 aliphatic carbocycles. The third-order valence-electron chi connectivity index (χ3n) is 6.79. The maximum atomic E-state index is 2.60. The molecule has 0 heterocycles. The molecule has 2 unspecified atom stereocenters. The molecule has 0 aliphatic rings. The van der Waals surface area contributed by atoms with Crippen molar-refractivity contribution in [2.75, 3.05) is 0 Å². The van der Waals surface area contributed by atoms with Crippen molar-refractivity contribution in [3.05, 3.63) is 0 Å². The van der Waals surface area contributed by atoms with Crippen LogP contribution in [-0.2, 0) is 0 Å². The van der Waals surface area contributed by atoms with Crippen LogP contribution in [0.25, 0.3) is 0 Å². The van der Waals surface area contributed by atoms with Crippen LogP contribution in [0.4, 0.5) is 0 Å². The molecule has 0 saturated carbocycles. The minimum atomic E-state index is -1.25. The predicted octanol–water partition coefficient (Wildman–Crippen LogP) is 7.48. The van der Waals surface area contributed by atoms with Crippen molar-refractivity contribution < 1.29 is 0 Å². The normalized spacial score (nSPS) is 19.3. The Bertz CT molecular complexity index is 299. The van der Waals surface area contributed by atoms with Crippen LogP contribution < -0.4 is 0 Å². The van der Waals surface area contributed by atoms with Crippen LogP contribution in [0, 0.1) is 28.6 Å². The molecule has 21 heavy (non-hydrogen) atoms. The quantitative estimate of drug-likeness (QED) is 0.472. The van der Waals surface area contributed by atoms with Gasteiger partial charge in [0, 0.05) is 0 Å². The fourth-order valence-electron chi connectivity index (χ4n) is 2.97. The van der Waals surface area contributed by atoms with Crippen LogP contribution in [0.3, 0.4) is 0 Å². The topological polar surface area (TPSA) is 0 Å². The summed E-state index contributed by atoms with van der Waals surface area (Å²) in [6.45, 7) is 32.1. The lowest BCUT2D eigenvalue weighted by Gasteiger charge is -2.48. The Balaban J connectivity index is 5.55. The van der Waals surface area contributed by atoms with Crippen LogP contribution in [0.1, 0.15) is 76.2 Å². The molecule has 0 fully saturated rings. The van der Waals surface area contributed by atoms with Gasteiger partial charge >= 0.3 is 0 Å². The lowest BCUT2D eigenvalue weighted by molar-refractivity contribution is 0.0842. The van der Waals surface area contributed by atoms with Crippen LogP contribution >= 0.6 is 0 Å². The molecule has 0 bridgehead atoms. The van der Waals surface area contributed by atoms with Crippen molar-refractivity contribution in [2.45, 2.75) is 100 Å². The smallest absolute Gasteiger partial charge is 0.0530 e. The molecule has 0 aromatic rings. The van der Waals surface area contributed by atoms with E-state index in [-0.39, 0.29) is 0 Å². The van der Waals surface area contributed by atoms with Gasteiger partial charge in [-0.2, -0.15) is 0 Å². The zero-order valence-electron chi connectivity index (χ0n) is 17.4. The standard InChI is InChI=1S/C20H44Si/c1-15(18(3,4)5)17(16(2)19(6,7)8)14-21(12,13)20(9,10)11/h15-17H,14H2,1-13H3. The summed E-state index contributed by atoms with van der Waals surface area (Å²) in [6, 6.07) is 1.45. The number of hydrogen-bond acceptors (Lipinski definition) is 0. The van der Waals surface area contributed by atoms with Crippen molar-refractivity contribution in [1.82, 2.24) is 0 Å². The van der Waals surface area contributed by atoms with Crippen molar-refractivity contribution in [1.29, 1.82) is 0 Å². The Labute approximate surface area is 137 Å². The number of hydrogen-bond donors (Lipinski definition) is 0. The fourth-order valence-corrected chi connectivity index (χ4v) is 5.46. The zero-order chi connectivity index (χ0) is 17.4. The van der Waals surface area contributed by atoms with Gasteiger partial charge in [-0.3, -0.25) is 0 Å². The molecule has 128 valence electrons. The Morgan fingerprint density at radius 1 is 0.667 bits per heavy atom. The molecule has 0 radical (unpaired) electrons. The van der Waals surface area contributed by atoms with Crippen LogP contribution in [0.5, 0.6) is 0 Å². The van der Waals surface area contributed by atoms with Crippen molar-refractivity contribution in [3.63, 3.8) is 0 Å². The molecule has 0 saturated heterocycles. The zero-order valence-corrected chi connectivity index (χ0v) is 18.4. The van der Waals surface area contributed by atoms with Crippen LogP contribution in [0.2, 0.25) is 24.2 Å². The molecule has 0 rings (SSSR count). The summed E-state index contributed by atoms with van der Waals surface area (Å²) in [4.78, 5) is 0. The fraction of sp³-hybridized carbons (Fsp3) is 1.00. The molecule has 0 aromatic carbocycles. The highest BCUT2D eigenvalue weighted by atomic mass is 28.3. The monoisotopic (exact) mass is 312 g/mol. The first-order chi connectivity index (χ1) is 8.91. The minimum Gasteiger partial charge on any atom is -0.0690 e. The summed E-state index contributed by atoms with van der Waals surface area (Å²) in [6.07, 6.45) is 0. The van der Waals surface area contributed by atoms with Gasteiger partial charge in [-0.1, -0.05) is 95.3 Å². The van der Waals surface area contributed by atoms with E-state index in [1.165, 1.54) is 6.04 Å². The largest absolute Gasteiger partial charge is 0.0690 e. The lowest BCUT2D eigenvalue weighted by Crippen LogP contribution is -2.45. The maximum absolute atomic E-state index is 2.60. The van der Waals surface area contributed by atoms with Gasteiger partial charge in [0.05, 0.1) is 8.07 Å². The minimum absolute atomic E-state index is 0.395. The van der Waals surface area contributed by atoms with Crippen molar-refractivity contribution in [3.8, 4) is 0 Å². The van der Waals surface area contributed by atoms with Crippen molar-refractivity contribution >= 4 is 8.07 Å². The summed E-state index contributed by atoms with van der Waals surface area (Å²) < 4.78 is 0. The van der Waals surface area contributed by atoms with Gasteiger partial charge in [-0.15, -0.1) is 0 Å². The predicted molar refractivity (Wildman–Crippen MR) is 103 cm³/mol. The van der Waals surface area contributed by atoms with E-state index in [9.17, 15) is 0 Å². The SMILES string of the molecule is CC(C(C[Si](C)(C)C(C)(C)C)C(C)C(C)(C)C)C(C)(C)C. The van der Waals surface area contributed by atoms with Crippen LogP contribution in [0.15, 0.2) is 0 Å². The third-order valence-corrected chi connectivity index (χ3v) is 12.3. The van der Waals surface area contributed by atoms with Gasteiger partial charge in [0.1, 0.15) is 0 Å². The average molecular weight is 313 g/mol. The highest BCUT2D eigenvalue weighted by Crippen LogP contribution is 2.49. The summed E-state index contributed by atoms with van der Waals surface area (Å²) in [5.41, 5.74) is 0.791. The highest BCUT2D eigenvalue weighted by Gasteiger charge is 2.43. The van der Waals surface area contributed by atoms with E-state index >= 15 is 0 Å². The molecular weight excluding hydrogens is 268 g/mol. The van der Waals surface area contributed by atoms with Gasteiger partial charge in [0.2, 0.25) is 0 Å². The second-order valence-electron chi connectivity index (χ2n) is 11.3. The molecule has 0 amide bonds. The number of rotatable bonds is 4. The van der Waals surface area contributed by atoms with Gasteiger partial charge in [-0.05, 0) is 33.6 Å². The van der Waals surface area contributed by atoms with E-state index in [1.54, 1.807) is 0 Å². The van der Waals surface area contributed by atoms with Gasteiger partial charge < -0.3 is 0 Å². The molecule has 0 aromatic heterocycles. The third kappa shape index (κ3) is 5.73. The van der Waals surface area contributed by atoms with Gasteiger partial charge in [0.25, 0.3) is 0 Å². The average Bonchev–Trinajstić information content (AvgIpc) is 2.19. The first kappa shape index (κ1) is 21.2. The molecule has 0 spiro atoms. The molecule has 0 nitrogen and oxygen atoms in total. The molecule has 2 atom stereocenters. The first-order valence-electron chi connectivity index (χ1n) is 8.91. The Morgan fingerprint density at radius 3 is 1.14 bits per heavy atom. The summed E-state index contributed by atoms with van der Waals surface area (Å²) >= 11 is 0. The van der Waals surface area contributed by atoms with E-state index in [4.69, 9.17) is 0 Å². The maximum Gasteiger partial charge on any atom is 0.0530 e. The molecule has 0 N–H and O–H groups in total. The van der Waals surface area contributed by atoms with E-state index < -0.39 is 8.07 Å². The second-order valence-corrected chi connectivity index (χ2v) is 17.0. The van der Waals surface area contributed by atoms with E-state index in [1.807, 2.05) is 0 Å². The van der Waals surface area contributed by atoms with Gasteiger partial charge in [0.15, 0.2) is 0 Å². The molecular formula is C20H44Si. The molecule has 1 heteroatoms. The summed E-state index contributed by atoms with van der Waals surface area (Å²) in [5.74, 6) is 2.35.